The number of nitrogens with zero attached hydrogens (tertiary/aromatic N) is 5. The molecule has 0 fully saturated rings. The van der Waals surface area contributed by atoms with Gasteiger partial charge in [-0.05, 0) is 37.1 Å². The number of benzene rings is 1. The number of alkyl halides is 4. The van der Waals surface area contributed by atoms with E-state index in [-0.39, 0.29) is 43.1 Å². The van der Waals surface area contributed by atoms with E-state index in [1.807, 2.05) is 0 Å². The van der Waals surface area contributed by atoms with Crippen molar-refractivity contribution >= 4 is 17.5 Å². The van der Waals surface area contributed by atoms with Gasteiger partial charge in [-0.25, -0.2) is 9.07 Å². The van der Waals surface area contributed by atoms with Gasteiger partial charge in [-0.3, -0.25) is 19.4 Å². The monoisotopic (exact) mass is 603 g/mol. The zero-order valence-electron chi connectivity index (χ0n) is 22.7. The third-order valence-corrected chi connectivity index (χ3v) is 6.47. The number of pyridine rings is 2. The number of halogens is 5. The quantitative estimate of drug-likeness (QED) is 0.249. The highest BCUT2D eigenvalue weighted by atomic mass is 19.4. The Morgan fingerprint density at radius 1 is 1.09 bits per heavy atom. The van der Waals surface area contributed by atoms with E-state index in [4.69, 9.17) is 0 Å². The van der Waals surface area contributed by atoms with Crippen molar-refractivity contribution in [3.8, 4) is 0 Å². The van der Waals surface area contributed by atoms with Crippen molar-refractivity contribution in [3.63, 3.8) is 0 Å². The van der Waals surface area contributed by atoms with Crippen molar-refractivity contribution in [1.29, 1.82) is 0 Å². The minimum Gasteiger partial charge on any atom is -0.345 e. The molecule has 3 aromatic heterocycles. The minimum atomic E-state index is -4.56. The summed E-state index contributed by atoms with van der Waals surface area (Å²) in [6.45, 7) is 0.824. The van der Waals surface area contributed by atoms with Crippen molar-refractivity contribution < 1.29 is 31.5 Å². The fourth-order valence-electron chi connectivity index (χ4n) is 4.03. The first kappa shape index (κ1) is 31.0. The van der Waals surface area contributed by atoms with Crippen LogP contribution >= 0.6 is 0 Å². The zero-order chi connectivity index (χ0) is 31.1. The lowest BCUT2D eigenvalue weighted by Crippen LogP contribution is -2.27. The highest BCUT2D eigenvalue weighted by Gasteiger charge is 2.30. The van der Waals surface area contributed by atoms with Gasteiger partial charge in [0, 0.05) is 18.9 Å². The van der Waals surface area contributed by atoms with Gasteiger partial charge in [-0.1, -0.05) is 35.5 Å². The molecule has 226 valence electrons. The predicted molar refractivity (Wildman–Crippen MR) is 144 cm³/mol. The van der Waals surface area contributed by atoms with Gasteiger partial charge in [0.25, 0.3) is 11.5 Å². The predicted octanol–water partition coefficient (Wildman–Crippen LogP) is 4.09. The van der Waals surface area contributed by atoms with Gasteiger partial charge >= 0.3 is 6.18 Å². The molecule has 4 rings (SSSR count). The van der Waals surface area contributed by atoms with E-state index >= 15 is 0 Å². The molecule has 2 atom stereocenters. The molecule has 0 saturated heterocycles. The molecule has 0 spiro atoms. The Bertz CT molecular complexity index is 1640. The number of amides is 2. The van der Waals surface area contributed by atoms with Crippen LogP contribution in [-0.2, 0) is 30.6 Å². The molecular formula is C28H26F5N7O3. The number of hydrogen-bond acceptors (Lipinski definition) is 6. The van der Waals surface area contributed by atoms with Gasteiger partial charge in [-0.15, -0.1) is 5.10 Å². The maximum Gasteiger partial charge on any atom is 0.416 e. The third-order valence-electron chi connectivity index (χ3n) is 6.47. The normalized spacial score (nSPS) is 12.9. The molecule has 2 N–H and O–H groups in total. The summed E-state index contributed by atoms with van der Waals surface area (Å²) in [7, 11) is 0. The van der Waals surface area contributed by atoms with Crippen LogP contribution in [0.15, 0.2) is 71.9 Å². The second kappa shape index (κ2) is 13.4. The number of aromatic nitrogens is 5. The van der Waals surface area contributed by atoms with Crippen molar-refractivity contribution in [2.24, 2.45) is 0 Å². The summed E-state index contributed by atoms with van der Waals surface area (Å²) in [4.78, 5) is 41.1. The molecule has 2 amide bonds. The van der Waals surface area contributed by atoms with Crippen LogP contribution in [0.3, 0.4) is 0 Å². The first-order chi connectivity index (χ1) is 20.4. The summed E-state index contributed by atoms with van der Waals surface area (Å²) in [6, 6.07) is 11.7. The SMILES string of the molecule is C[C@H](C(=O)Nc1ccn(CCC(F)Cn2cc(C(=O)NCc3cc(C(F)(F)F)ccn3)nn2)c(=O)c1F)c1ccccc1. The molecular weight excluding hydrogens is 577 g/mol. The molecule has 0 aliphatic carbocycles. The Morgan fingerprint density at radius 2 is 1.84 bits per heavy atom. The van der Waals surface area contributed by atoms with E-state index in [0.29, 0.717) is 0 Å². The fraction of sp³-hybridized carbons (Fsp3) is 0.286. The van der Waals surface area contributed by atoms with Gasteiger partial charge < -0.3 is 15.2 Å². The van der Waals surface area contributed by atoms with E-state index in [9.17, 15) is 36.3 Å². The maximum atomic E-state index is 14.7. The topological polar surface area (TPSA) is 124 Å². The standard InChI is InChI=1S/C28H26F5N7O3/c1-17(18-5-3-2-4-6-18)25(41)36-22-9-12-39(27(43)24(22)30)11-8-20(29)15-40-16-23(37-38-40)26(42)35-14-21-13-19(7-10-34-21)28(31,32)33/h2-7,9-10,12-13,16-17,20H,8,11,14-15H2,1H3,(H,35,42)(H,36,41)/t17-,20?/m0/s1. The molecule has 0 aliphatic heterocycles. The van der Waals surface area contributed by atoms with Gasteiger partial charge in [0.15, 0.2) is 5.69 Å². The number of hydrogen-bond donors (Lipinski definition) is 2. The maximum absolute atomic E-state index is 14.7. The summed E-state index contributed by atoms with van der Waals surface area (Å²) in [5.74, 6) is -3.03. The Balaban J connectivity index is 1.28. The van der Waals surface area contributed by atoms with E-state index < -0.39 is 47.0 Å². The lowest BCUT2D eigenvalue weighted by Gasteiger charge is -2.14. The van der Waals surface area contributed by atoms with Crippen molar-refractivity contribution in [2.75, 3.05) is 5.32 Å². The molecule has 0 aliphatic rings. The van der Waals surface area contributed by atoms with Crippen LogP contribution in [0, 0.1) is 5.82 Å². The van der Waals surface area contributed by atoms with Crippen molar-refractivity contribution in [2.45, 2.75) is 51.2 Å². The van der Waals surface area contributed by atoms with Crippen molar-refractivity contribution in [3.05, 3.63) is 106 Å². The largest absolute Gasteiger partial charge is 0.416 e. The molecule has 3 heterocycles. The van der Waals surface area contributed by atoms with Crippen LogP contribution in [0.2, 0.25) is 0 Å². The van der Waals surface area contributed by atoms with Crippen LogP contribution in [0.25, 0.3) is 0 Å². The molecule has 10 nitrogen and oxygen atoms in total. The number of anilines is 1. The second-order valence-corrected chi connectivity index (χ2v) is 9.59. The molecule has 0 saturated carbocycles. The third kappa shape index (κ3) is 8.08. The average molecular weight is 604 g/mol. The molecule has 43 heavy (non-hydrogen) atoms. The number of nitrogens with one attached hydrogen (secondary N) is 2. The van der Waals surface area contributed by atoms with Crippen LogP contribution in [0.1, 0.15) is 46.6 Å². The van der Waals surface area contributed by atoms with Gasteiger partial charge in [0.1, 0.15) is 6.17 Å². The van der Waals surface area contributed by atoms with Crippen molar-refractivity contribution in [1.82, 2.24) is 29.9 Å². The minimum absolute atomic E-state index is 0.0248. The van der Waals surface area contributed by atoms with Gasteiger partial charge in [0.2, 0.25) is 11.7 Å². The Labute approximate surface area is 241 Å². The van der Waals surface area contributed by atoms with Gasteiger partial charge in [-0.2, -0.15) is 17.6 Å². The fourth-order valence-corrected chi connectivity index (χ4v) is 4.03. The van der Waals surface area contributed by atoms with Crippen LogP contribution < -0.4 is 16.2 Å². The van der Waals surface area contributed by atoms with Crippen LogP contribution in [-0.4, -0.2) is 42.5 Å². The number of aryl methyl sites for hydroxylation is 1. The molecule has 1 aromatic carbocycles. The Kier molecular flexibility index (Phi) is 9.63. The lowest BCUT2D eigenvalue weighted by atomic mass is 10.0. The van der Waals surface area contributed by atoms with E-state index in [0.717, 1.165) is 39.3 Å². The Hall–Kier alpha value is -4.95. The summed E-state index contributed by atoms with van der Waals surface area (Å²) in [5.41, 5.74) is -1.74. The van der Waals surface area contributed by atoms with Crippen LogP contribution in [0.4, 0.5) is 27.6 Å². The molecule has 4 aromatic rings. The first-order valence-corrected chi connectivity index (χ1v) is 13.0. The van der Waals surface area contributed by atoms with E-state index in [1.54, 1.807) is 37.3 Å². The number of carbonyl (C=O) groups excluding carboxylic acids is 2. The summed E-state index contributed by atoms with van der Waals surface area (Å²) in [5, 5.41) is 12.1. The summed E-state index contributed by atoms with van der Waals surface area (Å²) in [6.07, 6.45) is -2.95. The van der Waals surface area contributed by atoms with E-state index in [1.165, 1.54) is 12.3 Å². The Morgan fingerprint density at radius 3 is 2.56 bits per heavy atom. The molecule has 0 bridgehead atoms. The molecule has 1 unspecified atom stereocenters. The van der Waals surface area contributed by atoms with Crippen LogP contribution in [0.5, 0.6) is 0 Å². The summed E-state index contributed by atoms with van der Waals surface area (Å²) >= 11 is 0. The highest BCUT2D eigenvalue weighted by Crippen LogP contribution is 2.29. The highest BCUT2D eigenvalue weighted by molar-refractivity contribution is 5.95. The molecule has 15 heteroatoms. The average Bonchev–Trinajstić information content (AvgIpc) is 3.46. The summed E-state index contributed by atoms with van der Waals surface area (Å²) < 4.78 is 70.0. The second-order valence-electron chi connectivity index (χ2n) is 9.59. The zero-order valence-corrected chi connectivity index (χ0v) is 22.7. The smallest absolute Gasteiger partial charge is 0.345 e. The van der Waals surface area contributed by atoms with E-state index in [2.05, 4.69) is 25.9 Å². The number of rotatable bonds is 11. The number of carbonyl (C=O) groups is 2. The molecule has 0 radical (unpaired) electrons. The van der Waals surface area contributed by atoms with Gasteiger partial charge in [0.05, 0.1) is 42.1 Å². The first-order valence-electron chi connectivity index (χ1n) is 13.0. The lowest BCUT2D eigenvalue weighted by molar-refractivity contribution is -0.137.